The summed E-state index contributed by atoms with van der Waals surface area (Å²) in [6, 6.07) is 2.25. The number of amides is 1. The molecule has 0 aliphatic carbocycles. The lowest BCUT2D eigenvalue weighted by Crippen LogP contribution is -2.44. The molecule has 0 aromatic heterocycles. The third-order valence-electron chi connectivity index (χ3n) is 3.78. The van der Waals surface area contributed by atoms with Gasteiger partial charge in [0.15, 0.2) is 0 Å². The van der Waals surface area contributed by atoms with Gasteiger partial charge in [0.2, 0.25) is 5.91 Å². The molecule has 0 fully saturated rings. The van der Waals surface area contributed by atoms with Crippen LogP contribution >= 0.6 is 0 Å². The molecular weight excluding hydrogens is 250 g/mol. The van der Waals surface area contributed by atoms with Crippen molar-refractivity contribution in [2.45, 2.75) is 59.7 Å². The Morgan fingerprint density at radius 2 is 1.58 bits per heavy atom. The van der Waals surface area contributed by atoms with Gasteiger partial charge in [-0.05, 0) is 41.1 Å². The molecule has 0 unspecified atom stereocenters. The third-order valence-corrected chi connectivity index (χ3v) is 5.79. The van der Waals surface area contributed by atoms with Crippen LogP contribution < -0.4 is 10.9 Å². The lowest BCUT2D eigenvalue weighted by molar-refractivity contribution is 0.100. The van der Waals surface area contributed by atoms with Crippen LogP contribution in [0, 0.1) is 0 Å². The lowest BCUT2D eigenvalue weighted by Gasteiger charge is -2.26. The number of benzene rings is 1. The van der Waals surface area contributed by atoms with Crippen molar-refractivity contribution in [3.63, 3.8) is 0 Å². The molecule has 0 saturated heterocycles. The fraction of sp³-hybridized carbons (Fsp3) is 0.562. The molecule has 3 heteroatoms. The first-order valence-electron chi connectivity index (χ1n) is 7.25. The molecule has 106 valence electrons. The van der Waals surface area contributed by atoms with Gasteiger partial charge in [-0.1, -0.05) is 46.5 Å². The predicted octanol–water partition coefficient (Wildman–Crippen LogP) is 3.02. The summed E-state index contributed by atoms with van der Waals surface area (Å²) in [5.41, 5.74) is 10.4. The first kappa shape index (κ1) is 16.0. The smallest absolute Gasteiger partial charge is 0.248 e. The van der Waals surface area contributed by atoms with E-state index in [-0.39, 0.29) is 5.91 Å². The molecule has 2 nitrogen and oxygen atoms in total. The Morgan fingerprint density at radius 3 is 1.89 bits per heavy atom. The Kier molecular flexibility index (Phi) is 4.96. The second-order valence-corrected chi connectivity index (χ2v) is 11.1. The van der Waals surface area contributed by atoms with E-state index in [1.165, 1.54) is 21.9 Å². The highest BCUT2D eigenvalue weighted by molar-refractivity contribution is 6.89. The molecule has 0 heterocycles. The van der Waals surface area contributed by atoms with E-state index in [1.54, 1.807) is 0 Å². The highest BCUT2D eigenvalue weighted by atomic mass is 28.3. The number of hydrogen-bond acceptors (Lipinski definition) is 1. The van der Waals surface area contributed by atoms with Gasteiger partial charge in [-0.3, -0.25) is 4.79 Å². The molecule has 1 amide bonds. The van der Waals surface area contributed by atoms with Gasteiger partial charge in [-0.15, -0.1) is 0 Å². The Hall–Kier alpha value is -1.09. The summed E-state index contributed by atoms with van der Waals surface area (Å²) in [4.78, 5) is 12.0. The molecule has 0 aliphatic rings. The Labute approximate surface area is 118 Å². The monoisotopic (exact) mass is 277 g/mol. The first-order valence-corrected chi connectivity index (χ1v) is 10.8. The fourth-order valence-electron chi connectivity index (χ4n) is 2.86. The molecule has 0 radical (unpaired) electrons. The van der Waals surface area contributed by atoms with Crippen molar-refractivity contribution in [1.29, 1.82) is 0 Å². The summed E-state index contributed by atoms with van der Waals surface area (Å²) < 4.78 is 0. The Bertz CT molecular complexity index is 487. The van der Waals surface area contributed by atoms with Crippen molar-refractivity contribution in [1.82, 2.24) is 0 Å². The van der Waals surface area contributed by atoms with Crippen LogP contribution in [0.15, 0.2) is 6.07 Å². The molecule has 19 heavy (non-hydrogen) atoms. The zero-order valence-electron chi connectivity index (χ0n) is 13.2. The van der Waals surface area contributed by atoms with Gasteiger partial charge in [0.25, 0.3) is 0 Å². The average molecular weight is 277 g/mol. The topological polar surface area (TPSA) is 43.1 Å². The van der Waals surface area contributed by atoms with E-state index in [9.17, 15) is 4.79 Å². The summed E-state index contributed by atoms with van der Waals surface area (Å²) in [5.74, 6) is -0.258. The van der Waals surface area contributed by atoms with Crippen LogP contribution in [-0.4, -0.2) is 14.0 Å². The van der Waals surface area contributed by atoms with Crippen molar-refractivity contribution >= 4 is 19.2 Å². The summed E-state index contributed by atoms with van der Waals surface area (Å²) in [5, 5.41) is 1.23. The highest BCUT2D eigenvalue weighted by Gasteiger charge is 2.27. The molecule has 0 saturated carbocycles. The van der Waals surface area contributed by atoms with Crippen LogP contribution in [0.2, 0.25) is 19.6 Å². The number of carbonyl (C=O) groups excluding carboxylic acids is 1. The molecule has 1 aromatic carbocycles. The van der Waals surface area contributed by atoms with Crippen molar-refractivity contribution in [2.24, 2.45) is 5.73 Å². The number of primary amides is 1. The van der Waals surface area contributed by atoms with Gasteiger partial charge in [-0.2, -0.15) is 0 Å². The van der Waals surface area contributed by atoms with Crippen LogP contribution in [0.4, 0.5) is 0 Å². The van der Waals surface area contributed by atoms with E-state index in [0.29, 0.717) is 0 Å². The van der Waals surface area contributed by atoms with Crippen molar-refractivity contribution in [3.05, 3.63) is 28.3 Å². The number of carbonyl (C=O) groups is 1. The van der Waals surface area contributed by atoms with E-state index in [2.05, 4.69) is 46.5 Å². The van der Waals surface area contributed by atoms with E-state index < -0.39 is 8.07 Å². The minimum absolute atomic E-state index is 0.258. The summed E-state index contributed by atoms with van der Waals surface area (Å²) >= 11 is 0. The van der Waals surface area contributed by atoms with E-state index >= 15 is 0 Å². The van der Waals surface area contributed by atoms with E-state index in [0.717, 1.165) is 24.8 Å². The van der Waals surface area contributed by atoms with Crippen molar-refractivity contribution in [3.8, 4) is 0 Å². The summed E-state index contributed by atoms with van der Waals surface area (Å²) in [6.45, 7) is 13.3. The maximum Gasteiger partial charge on any atom is 0.248 e. The van der Waals surface area contributed by atoms with Crippen molar-refractivity contribution < 1.29 is 4.79 Å². The number of aryl methyl sites for hydroxylation is 1. The Morgan fingerprint density at radius 1 is 1.05 bits per heavy atom. The lowest BCUT2D eigenvalue weighted by atomic mass is 9.91. The average Bonchev–Trinajstić information content (AvgIpc) is 2.34. The fourth-order valence-corrected chi connectivity index (χ4v) is 4.49. The second-order valence-electron chi connectivity index (χ2n) is 6.09. The zero-order chi connectivity index (χ0) is 14.8. The number of rotatable bonds is 5. The van der Waals surface area contributed by atoms with Gasteiger partial charge in [0.1, 0.15) is 0 Å². The predicted molar refractivity (Wildman–Crippen MR) is 86.1 cm³/mol. The summed E-state index contributed by atoms with van der Waals surface area (Å²) in [6.07, 6.45) is 2.87. The van der Waals surface area contributed by atoms with Crippen LogP contribution in [-0.2, 0) is 19.3 Å². The van der Waals surface area contributed by atoms with Gasteiger partial charge in [0, 0.05) is 5.56 Å². The molecule has 0 bridgehead atoms. The largest absolute Gasteiger partial charge is 0.366 e. The van der Waals surface area contributed by atoms with Gasteiger partial charge >= 0.3 is 0 Å². The Balaban J connectivity index is 3.78. The third kappa shape index (κ3) is 3.08. The maximum atomic E-state index is 12.0. The standard InChI is InChI=1S/C16H27NOSi/c1-7-11-10-14(19(4,5)6)15(16(17)18)13(9-3)12(11)8-2/h10H,7-9H2,1-6H3,(H2,17,18). The second kappa shape index (κ2) is 5.91. The molecule has 0 atom stereocenters. The number of nitrogens with two attached hydrogens (primary N) is 1. The highest BCUT2D eigenvalue weighted by Crippen LogP contribution is 2.23. The molecule has 0 aliphatic heterocycles. The quantitative estimate of drug-likeness (QED) is 0.826. The number of hydrogen-bond donors (Lipinski definition) is 1. The molecule has 0 spiro atoms. The van der Waals surface area contributed by atoms with Gasteiger partial charge in [-0.25, -0.2) is 0 Å². The molecule has 1 aromatic rings. The molecular formula is C16H27NOSi. The maximum absolute atomic E-state index is 12.0. The zero-order valence-corrected chi connectivity index (χ0v) is 14.2. The summed E-state index contributed by atoms with van der Waals surface area (Å²) in [7, 11) is -1.57. The first-order chi connectivity index (χ1) is 8.77. The van der Waals surface area contributed by atoms with E-state index in [1.807, 2.05) is 0 Å². The van der Waals surface area contributed by atoms with Gasteiger partial charge in [0.05, 0.1) is 8.07 Å². The molecule has 1 rings (SSSR count). The van der Waals surface area contributed by atoms with Crippen LogP contribution in [0.25, 0.3) is 0 Å². The molecule has 2 N–H and O–H groups in total. The van der Waals surface area contributed by atoms with Crippen molar-refractivity contribution in [2.75, 3.05) is 0 Å². The van der Waals surface area contributed by atoms with E-state index in [4.69, 9.17) is 5.73 Å². The normalized spacial score (nSPS) is 11.7. The van der Waals surface area contributed by atoms with Crippen LogP contribution in [0.3, 0.4) is 0 Å². The van der Waals surface area contributed by atoms with Crippen LogP contribution in [0.5, 0.6) is 0 Å². The minimum atomic E-state index is -1.57. The minimum Gasteiger partial charge on any atom is -0.366 e. The SMILES string of the molecule is CCc1cc([Si](C)(C)C)c(C(N)=O)c(CC)c1CC. The van der Waals surface area contributed by atoms with Crippen LogP contribution in [0.1, 0.15) is 47.8 Å². The van der Waals surface area contributed by atoms with Gasteiger partial charge < -0.3 is 5.73 Å².